The van der Waals surface area contributed by atoms with Gasteiger partial charge in [-0.3, -0.25) is 0 Å². The van der Waals surface area contributed by atoms with Gasteiger partial charge in [0.15, 0.2) is 0 Å². The molecule has 0 saturated heterocycles. The van der Waals surface area contributed by atoms with E-state index in [4.69, 9.17) is 4.98 Å². The van der Waals surface area contributed by atoms with Crippen LogP contribution in [0.25, 0.3) is 81.3 Å². The van der Waals surface area contributed by atoms with E-state index in [0.717, 1.165) is 16.2 Å². The summed E-state index contributed by atoms with van der Waals surface area (Å²) in [6.45, 7) is 0. The van der Waals surface area contributed by atoms with Crippen LogP contribution in [0.3, 0.4) is 0 Å². The van der Waals surface area contributed by atoms with Crippen molar-refractivity contribution in [1.82, 2.24) is 9.55 Å². The molecule has 0 aliphatic heterocycles. The lowest BCUT2D eigenvalue weighted by atomic mass is 9.70. The van der Waals surface area contributed by atoms with Gasteiger partial charge in [-0.2, -0.15) is 0 Å². The molecular formula is C48H28N2S. The first-order valence-corrected chi connectivity index (χ1v) is 18.4. The van der Waals surface area contributed by atoms with E-state index in [0.29, 0.717) is 0 Å². The molecule has 0 amide bonds. The average Bonchev–Trinajstić information content (AvgIpc) is 3.92. The van der Waals surface area contributed by atoms with E-state index in [2.05, 4.69) is 174 Å². The number of para-hydroxylation sites is 2. The molecule has 0 N–H and O–H groups in total. The van der Waals surface area contributed by atoms with Crippen LogP contribution < -0.4 is 0 Å². The summed E-state index contributed by atoms with van der Waals surface area (Å²) in [5, 5.41) is 5.99. The number of nitrogens with zero attached hydrogens (tertiary/aromatic N) is 2. The Morgan fingerprint density at radius 1 is 0.451 bits per heavy atom. The van der Waals surface area contributed by atoms with Gasteiger partial charge in [-0.15, -0.1) is 11.3 Å². The van der Waals surface area contributed by atoms with E-state index in [9.17, 15) is 0 Å². The van der Waals surface area contributed by atoms with Gasteiger partial charge in [0.05, 0.1) is 32.4 Å². The number of hydrogen-bond donors (Lipinski definition) is 0. The molecular weight excluding hydrogens is 637 g/mol. The van der Waals surface area contributed by atoms with E-state index in [1.807, 2.05) is 0 Å². The minimum absolute atomic E-state index is 0.383. The molecule has 2 aliphatic carbocycles. The molecule has 0 radical (unpaired) electrons. The van der Waals surface area contributed by atoms with Crippen molar-refractivity contribution >= 4 is 54.1 Å². The fraction of sp³-hybridized carbons (Fsp3) is 0.0208. The number of aromatic nitrogens is 2. The van der Waals surface area contributed by atoms with Crippen molar-refractivity contribution in [3.8, 4) is 38.5 Å². The minimum atomic E-state index is -0.383. The lowest BCUT2D eigenvalue weighted by Gasteiger charge is -2.30. The van der Waals surface area contributed by atoms with Crippen molar-refractivity contribution in [2.24, 2.45) is 0 Å². The highest BCUT2D eigenvalue weighted by atomic mass is 32.1. The van der Waals surface area contributed by atoms with E-state index < -0.39 is 0 Å². The van der Waals surface area contributed by atoms with E-state index >= 15 is 0 Å². The smallest absolute Gasteiger partial charge is 0.127 e. The largest absolute Gasteiger partial charge is 0.308 e. The second kappa shape index (κ2) is 9.91. The number of fused-ring (bicyclic) bond motifs is 15. The van der Waals surface area contributed by atoms with Gasteiger partial charge in [0.1, 0.15) is 5.01 Å². The molecule has 2 nitrogen and oxygen atoms in total. The van der Waals surface area contributed by atoms with Crippen LogP contribution in [-0.2, 0) is 5.41 Å². The minimum Gasteiger partial charge on any atom is -0.308 e. The molecule has 0 unspecified atom stereocenters. The zero-order chi connectivity index (χ0) is 33.3. The monoisotopic (exact) mass is 664 g/mol. The van der Waals surface area contributed by atoms with Gasteiger partial charge in [0.25, 0.3) is 0 Å². The Hall–Kier alpha value is -6.29. The molecule has 2 aromatic heterocycles. The second-order valence-electron chi connectivity index (χ2n) is 13.8. The number of hydrogen-bond acceptors (Lipinski definition) is 2. The molecule has 236 valence electrons. The highest BCUT2D eigenvalue weighted by Gasteiger charge is 2.51. The van der Waals surface area contributed by atoms with Gasteiger partial charge in [-0.25, -0.2) is 4.98 Å². The first kappa shape index (κ1) is 27.5. The highest BCUT2D eigenvalue weighted by Crippen LogP contribution is 2.63. The summed E-state index contributed by atoms with van der Waals surface area (Å²) in [5.41, 5.74) is 16.1. The molecule has 0 fully saturated rings. The zero-order valence-corrected chi connectivity index (χ0v) is 28.3. The van der Waals surface area contributed by atoms with Crippen LogP contribution in [0.1, 0.15) is 22.3 Å². The lowest BCUT2D eigenvalue weighted by Crippen LogP contribution is -2.25. The van der Waals surface area contributed by atoms with Crippen LogP contribution in [0.5, 0.6) is 0 Å². The van der Waals surface area contributed by atoms with Gasteiger partial charge < -0.3 is 4.57 Å². The highest BCUT2D eigenvalue weighted by molar-refractivity contribution is 7.21. The van der Waals surface area contributed by atoms with Crippen LogP contribution in [0.2, 0.25) is 0 Å². The van der Waals surface area contributed by atoms with Crippen LogP contribution in [0.15, 0.2) is 170 Å². The molecule has 12 rings (SSSR count). The topological polar surface area (TPSA) is 17.8 Å². The van der Waals surface area contributed by atoms with E-state index in [1.54, 1.807) is 11.3 Å². The third-order valence-electron chi connectivity index (χ3n) is 11.4. The summed E-state index contributed by atoms with van der Waals surface area (Å²) in [4.78, 5) is 5.25. The number of rotatable bonds is 2. The molecule has 0 bridgehead atoms. The third kappa shape index (κ3) is 3.44. The maximum atomic E-state index is 5.25. The summed E-state index contributed by atoms with van der Waals surface area (Å²) < 4.78 is 3.70. The van der Waals surface area contributed by atoms with Crippen LogP contribution in [-0.4, -0.2) is 9.55 Å². The Labute approximate surface area is 298 Å². The quantitative estimate of drug-likeness (QED) is 0.180. The third-order valence-corrected chi connectivity index (χ3v) is 12.5. The van der Waals surface area contributed by atoms with Crippen LogP contribution in [0, 0.1) is 0 Å². The van der Waals surface area contributed by atoms with E-state index in [1.165, 1.54) is 87.3 Å². The summed E-state index contributed by atoms with van der Waals surface area (Å²) in [5.74, 6) is 0. The fourth-order valence-corrected chi connectivity index (χ4v) is 10.5. The van der Waals surface area contributed by atoms with Crippen molar-refractivity contribution in [3.63, 3.8) is 0 Å². The van der Waals surface area contributed by atoms with Gasteiger partial charge in [0, 0.05) is 16.3 Å². The molecule has 3 heteroatoms. The molecule has 8 aromatic carbocycles. The molecule has 10 aromatic rings. The van der Waals surface area contributed by atoms with Gasteiger partial charge in [0.2, 0.25) is 0 Å². The molecule has 2 heterocycles. The predicted molar refractivity (Wildman–Crippen MR) is 213 cm³/mol. The SMILES string of the molecule is c1ccc2c(c1)-c1ccccc1C21c2ccccc2-c2cc3c(cc21)c1ccccc1n3-c1ccc2ccccc2c1-c1nc2ccccc2s1. The molecule has 0 atom stereocenters. The predicted octanol–water partition coefficient (Wildman–Crippen LogP) is 12.6. The first-order valence-electron chi connectivity index (χ1n) is 17.6. The molecule has 51 heavy (non-hydrogen) atoms. The Bertz CT molecular complexity index is 3030. The second-order valence-corrected chi connectivity index (χ2v) is 14.9. The van der Waals surface area contributed by atoms with Crippen molar-refractivity contribution in [1.29, 1.82) is 0 Å². The number of thiazole rings is 1. The Morgan fingerprint density at radius 2 is 1.06 bits per heavy atom. The maximum Gasteiger partial charge on any atom is 0.127 e. The summed E-state index contributed by atoms with van der Waals surface area (Å²) in [7, 11) is 0. The molecule has 0 saturated carbocycles. The molecule has 2 aliphatic rings. The first-order chi connectivity index (χ1) is 25.3. The normalized spacial score (nSPS) is 13.6. The van der Waals surface area contributed by atoms with Gasteiger partial charge >= 0.3 is 0 Å². The lowest BCUT2D eigenvalue weighted by molar-refractivity contribution is 0.795. The summed E-state index contributed by atoms with van der Waals surface area (Å²) in [6.07, 6.45) is 0. The van der Waals surface area contributed by atoms with Crippen molar-refractivity contribution in [2.45, 2.75) is 5.41 Å². The summed E-state index contributed by atoms with van der Waals surface area (Å²) >= 11 is 1.77. The van der Waals surface area contributed by atoms with Crippen molar-refractivity contribution in [3.05, 3.63) is 192 Å². The fourth-order valence-electron chi connectivity index (χ4n) is 9.46. The van der Waals surface area contributed by atoms with Crippen LogP contribution in [0.4, 0.5) is 0 Å². The number of benzene rings is 8. The van der Waals surface area contributed by atoms with Crippen molar-refractivity contribution in [2.75, 3.05) is 0 Å². The Kier molecular flexibility index (Phi) is 5.35. The zero-order valence-electron chi connectivity index (χ0n) is 27.5. The van der Waals surface area contributed by atoms with Gasteiger partial charge in [-0.1, -0.05) is 133 Å². The maximum absolute atomic E-state index is 5.25. The standard InChI is InChI=1S/C48H28N2S/c1-2-14-30-29(13-1)25-26-43(46(30)47-49-41-22-10-12-24-45(41)51-47)50-42-23-11-6-18-34(42)36-27-40-35(28-44(36)50)33-17-5-9-21-39(33)48(40)37-19-7-3-15-31(37)32-16-4-8-20-38(32)48/h1-28H. The summed E-state index contributed by atoms with van der Waals surface area (Å²) in [6, 6.07) is 62.9. The Balaban J connectivity index is 1.23. The van der Waals surface area contributed by atoms with Gasteiger partial charge in [-0.05, 0) is 91.7 Å². The average molecular weight is 665 g/mol. The molecule has 1 spiro atoms. The van der Waals surface area contributed by atoms with E-state index in [-0.39, 0.29) is 5.41 Å². The Morgan fingerprint density at radius 3 is 1.80 bits per heavy atom. The van der Waals surface area contributed by atoms with Crippen LogP contribution >= 0.6 is 11.3 Å². The van der Waals surface area contributed by atoms with Crippen molar-refractivity contribution < 1.29 is 0 Å².